The van der Waals surface area contributed by atoms with Gasteiger partial charge in [-0.1, -0.05) is 84.0 Å². The van der Waals surface area contributed by atoms with Crippen LogP contribution in [0.3, 0.4) is 0 Å². The molecule has 43 heavy (non-hydrogen) atoms. The van der Waals surface area contributed by atoms with Crippen molar-refractivity contribution in [1.82, 2.24) is 0 Å². The molecular weight excluding hydrogens is 546 g/mol. The van der Waals surface area contributed by atoms with Gasteiger partial charge in [0.1, 0.15) is 17.8 Å². The number of phenols is 1. The zero-order chi connectivity index (χ0) is 31.8. The molecule has 0 radical (unpaired) electrons. The van der Waals surface area contributed by atoms with E-state index in [1.54, 1.807) is 13.0 Å². The van der Waals surface area contributed by atoms with E-state index in [0.717, 1.165) is 11.1 Å². The summed E-state index contributed by atoms with van der Waals surface area (Å²) in [5.41, 5.74) is 3.74. The summed E-state index contributed by atoms with van der Waals surface area (Å²) in [7, 11) is 0. The fourth-order valence-corrected chi connectivity index (χ4v) is 9.04. The first-order valence-corrected chi connectivity index (χ1v) is 15.1. The van der Waals surface area contributed by atoms with Gasteiger partial charge in [0.25, 0.3) is 0 Å². The molecule has 6 N–H and O–H groups in total. The number of benzene rings is 2. The molecule has 2 fully saturated rings. The average molecular weight is 590 g/mol. The smallest absolute Gasteiger partial charge is 0.230 e. The molecule has 0 aromatic heterocycles. The second-order valence-corrected chi connectivity index (χ2v) is 14.1. The number of carbonyl (C=O) groups excluding carboxylic acids is 3. The number of hydrogen-bond acceptors (Lipinski definition) is 7. The predicted molar refractivity (Wildman–Crippen MR) is 163 cm³/mol. The molecule has 230 valence electrons. The summed E-state index contributed by atoms with van der Waals surface area (Å²) in [5.74, 6) is -6.98. The lowest BCUT2D eigenvalue weighted by Crippen LogP contribution is -2.79. The van der Waals surface area contributed by atoms with E-state index in [4.69, 9.17) is 5.73 Å². The highest BCUT2D eigenvalue weighted by Crippen LogP contribution is 2.66. The van der Waals surface area contributed by atoms with E-state index in [0.29, 0.717) is 17.5 Å². The van der Waals surface area contributed by atoms with E-state index in [1.165, 1.54) is 0 Å². The van der Waals surface area contributed by atoms with Crippen LogP contribution < -0.4 is 5.73 Å². The third-order valence-corrected chi connectivity index (χ3v) is 10.7. The van der Waals surface area contributed by atoms with E-state index in [9.17, 15) is 34.8 Å². The molecule has 2 aromatic rings. The Morgan fingerprint density at radius 1 is 1.05 bits per heavy atom. The molecule has 0 bridgehead atoms. The molecule has 2 unspecified atom stereocenters. The first kappa shape index (κ1) is 31.1. The monoisotopic (exact) mass is 589 g/mol. The number of aliphatic hydroxyl groups excluding tert-OH is 2. The Morgan fingerprint density at radius 2 is 1.67 bits per heavy atom. The SMILES string of the molecule is CC(C)c1cc(/C=C/c2ccccc2)c(O)c2c1C[C@]1(C)C[C@]3(C)[C@@H](C(C)C)C(O)[C@@H](C(N)=O)C(=O)[C@]3(O)C(O)[C@H]1C2=O. The van der Waals surface area contributed by atoms with E-state index in [1.807, 2.05) is 77.1 Å². The number of fused-ring (bicyclic) bond motifs is 3. The van der Waals surface area contributed by atoms with E-state index < -0.39 is 63.9 Å². The second kappa shape index (κ2) is 10.4. The number of phenolic OH excluding ortho intramolecular Hbond substituents is 1. The Balaban J connectivity index is 1.71. The molecule has 0 saturated heterocycles. The minimum absolute atomic E-state index is 0.00465. The van der Waals surface area contributed by atoms with Crippen LogP contribution in [0, 0.1) is 34.5 Å². The Bertz CT molecular complexity index is 1510. The Morgan fingerprint density at radius 3 is 2.23 bits per heavy atom. The highest BCUT2D eigenvalue weighted by molar-refractivity contribution is 6.09. The molecule has 3 aliphatic rings. The van der Waals surface area contributed by atoms with Crippen LogP contribution in [0.25, 0.3) is 12.2 Å². The number of primary amides is 1. The number of ketones is 2. The molecule has 0 spiro atoms. The Hall–Kier alpha value is -3.33. The van der Waals surface area contributed by atoms with Crippen molar-refractivity contribution in [2.24, 2.45) is 40.2 Å². The largest absolute Gasteiger partial charge is 0.507 e. The number of aromatic hydroxyl groups is 1. The van der Waals surface area contributed by atoms with Gasteiger partial charge in [0, 0.05) is 11.0 Å². The number of hydrogen-bond donors (Lipinski definition) is 5. The molecule has 5 rings (SSSR count). The molecule has 1 amide bonds. The summed E-state index contributed by atoms with van der Waals surface area (Å²) >= 11 is 0. The van der Waals surface area contributed by atoms with Gasteiger partial charge in [0.2, 0.25) is 5.91 Å². The standard InChI is InChI=1S/C35H43NO7/c1-17(2)21-14-20(13-12-19-10-8-7-9-11-19)27(37)23-22(21)15-33(5)16-34(6)25(18(3)4)29(39)24(32(36)42)30(40)35(34,43)31(41)26(33)28(23)38/h7-14,17-18,24-26,29,31,37,39,41,43H,15-16H2,1-6H3,(H2,36,42)/b13-12+/t24-,25+,26-,29?,31?,33-,34-,35+/m1/s1. The molecular formula is C35H43NO7. The van der Waals surface area contributed by atoms with Crippen LogP contribution in [0.15, 0.2) is 36.4 Å². The lowest BCUT2D eigenvalue weighted by atomic mass is 9.39. The van der Waals surface area contributed by atoms with Crippen LogP contribution in [0.2, 0.25) is 0 Å². The van der Waals surface area contributed by atoms with Crippen LogP contribution in [-0.2, 0) is 16.0 Å². The van der Waals surface area contributed by atoms with Gasteiger partial charge in [0.05, 0.1) is 17.6 Å². The topological polar surface area (TPSA) is 158 Å². The van der Waals surface area contributed by atoms with Crippen molar-refractivity contribution in [3.05, 3.63) is 64.2 Å². The maximum Gasteiger partial charge on any atom is 0.230 e. The van der Waals surface area contributed by atoms with Gasteiger partial charge in [-0.15, -0.1) is 0 Å². The molecule has 2 saturated carbocycles. The highest BCUT2D eigenvalue weighted by atomic mass is 16.4. The lowest BCUT2D eigenvalue weighted by Gasteiger charge is -2.66. The lowest BCUT2D eigenvalue weighted by molar-refractivity contribution is -0.265. The first-order valence-electron chi connectivity index (χ1n) is 15.1. The van der Waals surface area contributed by atoms with Crippen molar-refractivity contribution >= 4 is 29.6 Å². The van der Waals surface area contributed by atoms with Gasteiger partial charge in [-0.25, -0.2) is 0 Å². The second-order valence-electron chi connectivity index (χ2n) is 14.1. The van der Waals surface area contributed by atoms with Crippen LogP contribution in [0.1, 0.15) is 86.5 Å². The van der Waals surface area contributed by atoms with Gasteiger partial charge in [-0.3, -0.25) is 14.4 Å². The molecule has 0 heterocycles. The minimum atomic E-state index is -2.53. The van der Waals surface area contributed by atoms with E-state index >= 15 is 0 Å². The third-order valence-electron chi connectivity index (χ3n) is 10.7. The zero-order valence-electron chi connectivity index (χ0n) is 25.7. The normalized spacial score (nSPS) is 35.7. The molecule has 3 aliphatic carbocycles. The van der Waals surface area contributed by atoms with Crippen molar-refractivity contribution in [2.75, 3.05) is 0 Å². The molecule has 2 aromatic carbocycles. The van der Waals surface area contributed by atoms with Crippen molar-refractivity contribution in [3.8, 4) is 5.75 Å². The van der Waals surface area contributed by atoms with Gasteiger partial charge < -0.3 is 26.2 Å². The van der Waals surface area contributed by atoms with Crippen LogP contribution in [0.5, 0.6) is 5.75 Å². The molecule has 0 aliphatic heterocycles. The number of amides is 1. The summed E-state index contributed by atoms with van der Waals surface area (Å²) in [6, 6.07) is 11.4. The summed E-state index contributed by atoms with van der Waals surface area (Å²) in [6.07, 6.45) is 0.660. The van der Waals surface area contributed by atoms with Crippen molar-refractivity contribution in [3.63, 3.8) is 0 Å². The Kier molecular flexibility index (Phi) is 7.52. The molecule has 8 atom stereocenters. The third kappa shape index (κ3) is 4.32. The van der Waals surface area contributed by atoms with Crippen LogP contribution in [0.4, 0.5) is 0 Å². The fraction of sp³-hybridized carbons (Fsp3) is 0.514. The van der Waals surface area contributed by atoms with Gasteiger partial charge in [-0.05, 0) is 58.8 Å². The summed E-state index contributed by atoms with van der Waals surface area (Å²) in [5, 5.41) is 47.2. The predicted octanol–water partition coefficient (Wildman–Crippen LogP) is 3.87. The van der Waals surface area contributed by atoms with Gasteiger partial charge >= 0.3 is 0 Å². The maximum absolute atomic E-state index is 14.5. The first-order chi connectivity index (χ1) is 20.0. The van der Waals surface area contributed by atoms with Crippen LogP contribution >= 0.6 is 0 Å². The van der Waals surface area contributed by atoms with Gasteiger partial charge in [-0.2, -0.15) is 0 Å². The van der Waals surface area contributed by atoms with E-state index in [2.05, 4.69) is 0 Å². The number of carbonyl (C=O) groups is 3. The molecule has 8 nitrogen and oxygen atoms in total. The summed E-state index contributed by atoms with van der Waals surface area (Å²) < 4.78 is 0. The summed E-state index contributed by atoms with van der Waals surface area (Å²) in [6.45, 7) is 11.2. The van der Waals surface area contributed by atoms with Crippen molar-refractivity contribution < 1.29 is 34.8 Å². The average Bonchev–Trinajstić information content (AvgIpc) is 2.90. The maximum atomic E-state index is 14.5. The van der Waals surface area contributed by atoms with E-state index in [-0.39, 0.29) is 29.6 Å². The number of nitrogens with two attached hydrogens (primary N) is 1. The number of Topliss-reactive ketones (excluding diaryl/α,β-unsaturated/α-hetero) is 2. The van der Waals surface area contributed by atoms with Crippen molar-refractivity contribution in [1.29, 1.82) is 0 Å². The van der Waals surface area contributed by atoms with Crippen molar-refractivity contribution in [2.45, 2.75) is 78.1 Å². The van der Waals surface area contributed by atoms with Gasteiger partial charge in [0.15, 0.2) is 17.2 Å². The van der Waals surface area contributed by atoms with Crippen LogP contribution in [-0.4, -0.2) is 55.7 Å². The highest BCUT2D eigenvalue weighted by Gasteiger charge is 2.75. The molecule has 8 heteroatoms. The fourth-order valence-electron chi connectivity index (χ4n) is 9.04. The summed E-state index contributed by atoms with van der Waals surface area (Å²) in [4.78, 5) is 40.8. The number of rotatable bonds is 5. The Labute approximate surface area is 252 Å². The quantitative estimate of drug-likeness (QED) is 0.262. The minimum Gasteiger partial charge on any atom is -0.507 e. The zero-order valence-corrected chi connectivity index (χ0v) is 25.7. The number of aliphatic hydroxyl groups is 3.